The second kappa shape index (κ2) is 14.6. The van der Waals surface area contributed by atoms with Gasteiger partial charge in [0.15, 0.2) is 0 Å². The van der Waals surface area contributed by atoms with Crippen LogP contribution in [0.15, 0.2) is 0 Å². The minimum absolute atomic E-state index is 0.0797. The third-order valence-electron chi connectivity index (χ3n) is 5.07. The first-order valence-electron chi connectivity index (χ1n) is 10.5. The molecule has 0 amide bonds. The summed E-state index contributed by atoms with van der Waals surface area (Å²) in [6, 6.07) is 0. The van der Waals surface area contributed by atoms with Crippen LogP contribution in [0.4, 0.5) is 0 Å². The molecule has 1 rings (SSSR count). The van der Waals surface area contributed by atoms with Crippen molar-refractivity contribution in [2.75, 3.05) is 12.4 Å². The molecular formula is C21H38O3S. The van der Waals surface area contributed by atoms with Crippen LogP contribution < -0.4 is 0 Å². The molecule has 2 unspecified atom stereocenters. The summed E-state index contributed by atoms with van der Waals surface area (Å²) in [6.45, 7) is 4.57. The summed E-state index contributed by atoms with van der Waals surface area (Å²) in [5, 5.41) is 0.568. The number of ether oxygens (including phenoxy) is 1. The fourth-order valence-corrected chi connectivity index (χ4v) is 5.06. The van der Waals surface area contributed by atoms with Crippen LogP contribution in [0.1, 0.15) is 97.3 Å². The van der Waals surface area contributed by atoms with Crippen molar-refractivity contribution in [2.24, 2.45) is 5.92 Å². The molecule has 146 valence electrons. The van der Waals surface area contributed by atoms with Gasteiger partial charge in [-0.2, -0.15) is 11.8 Å². The Morgan fingerprint density at radius 1 is 1.04 bits per heavy atom. The second-order valence-electron chi connectivity index (χ2n) is 7.19. The molecule has 1 fully saturated rings. The van der Waals surface area contributed by atoms with E-state index in [9.17, 15) is 9.59 Å². The molecule has 2 atom stereocenters. The zero-order chi connectivity index (χ0) is 18.3. The normalized spacial score (nSPS) is 20.2. The van der Waals surface area contributed by atoms with Gasteiger partial charge in [0.2, 0.25) is 0 Å². The molecule has 0 N–H and O–H groups in total. The number of ketones is 1. The van der Waals surface area contributed by atoms with Gasteiger partial charge in [0.1, 0.15) is 5.78 Å². The number of hydrogen-bond acceptors (Lipinski definition) is 4. The number of carbonyl (C=O) groups excluding carboxylic acids is 2. The Kier molecular flexibility index (Phi) is 13.2. The Balaban J connectivity index is 2.09. The maximum atomic E-state index is 12.2. The molecule has 0 aromatic rings. The van der Waals surface area contributed by atoms with Gasteiger partial charge in [-0.3, -0.25) is 9.59 Å². The summed E-state index contributed by atoms with van der Waals surface area (Å²) < 4.78 is 4.94. The van der Waals surface area contributed by atoms with E-state index in [2.05, 4.69) is 6.92 Å². The third-order valence-corrected chi connectivity index (χ3v) is 6.59. The molecule has 4 heteroatoms. The minimum Gasteiger partial charge on any atom is -0.466 e. The summed E-state index contributed by atoms with van der Waals surface area (Å²) >= 11 is 2.05. The molecule has 1 aliphatic carbocycles. The van der Waals surface area contributed by atoms with Crippen LogP contribution in [0, 0.1) is 5.92 Å². The van der Waals surface area contributed by atoms with Crippen LogP contribution in [0.5, 0.6) is 0 Å². The van der Waals surface area contributed by atoms with E-state index < -0.39 is 0 Å². The minimum atomic E-state index is -0.0797. The summed E-state index contributed by atoms with van der Waals surface area (Å²) in [5.41, 5.74) is 0. The molecular weight excluding hydrogens is 332 g/mol. The van der Waals surface area contributed by atoms with Crippen molar-refractivity contribution in [1.29, 1.82) is 0 Å². The van der Waals surface area contributed by atoms with Crippen LogP contribution in [-0.2, 0) is 14.3 Å². The van der Waals surface area contributed by atoms with E-state index in [1.165, 1.54) is 37.9 Å². The lowest BCUT2D eigenvalue weighted by Gasteiger charge is -2.18. The van der Waals surface area contributed by atoms with Crippen molar-refractivity contribution >= 4 is 23.5 Å². The van der Waals surface area contributed by atoms with Crippen LogP contribution in [0.3, 0.4) is 0 Å². The average Bonchev–Trinajstić information content (AvgIpc) is 2.94. The average molecular weight is 371 g/mol. The number of Topliss-reactive ketones (excluding diaryl/α,β-unsaturated/α-hetero) is 1. The van der Waals surface area contributed by atoms with Crippen molar-refractivity contribution in [3.8, 4) is 0 Å². The third kappa shape index (κ3) is 10.3. The number of rotatable bonds is 15. The molecule has 0 bridgehead atoms. The predicted octanol–water partition coefficient (Wildman–Crippen LogP) is 5.94. The maximum Gasteiger partial charge on any atom is 0.305 e. The van der Waals surface area contributed by atoms with Gasteiger partial charge in [0, 0.05) is 24.0 Å². The summed E-state index contributed by atoms with van der Waals surface area (Å²) in [7, 11) is 0. The fraction of sp³-hybridized carbons (Fsp3) is 0.905. The molecule has 0 spiro atoms. The van der Waals surface area contributed by atoms with E-state index in [1.54, 1.807) is 0 Å². The molecule has 0 aromatic heterocycles. The predicted molar refractivity (Wildman–Crippen MR) is 107 cm³/mol. The molecule has 0 aromatic carbocycles. The van der Waals surface area contributed by atoms with Crippen LogP contribution in [-0.4, -0.2) is 29.4 Å². The van der Waals surface area contributed by atoms with Gasteiger partial charge >= 0.3 is 5.97 Å². The number of carbonyl (C=O) groups is 2. The number of unbranched alkanes of at least 4 members (excludes halogenated alkanes) is 7. The number of hydrogen-bond donors (Lipinski definition) is 0. The highest BCUT2D eigenvalue weighted by Gasteiger charge is 2.33. The highest BCUT2D eigenvalue weighted by atomic mass is 32.2. The Morgan fingerprint density at radius 2 is 1.76 bits per heavy atom. The van der Waals surface area contributed by atoms with Crippen LogP contribution >= 0.6 is 11.8 Å². The SMILES string of the molecule is CCCCCCCSC1CCC(=O)C1CCCCCCC(=O)OCC. The van der Waals surface area contributed by atoms with E-state index >= 15 is 0 Å². The van der Waals surface area contributed by atoms with Crippen molar-refractivity contribution in [1.82, 2.24) is 0 Å². The van der Waals surface area contributed by atoms with Crippen molar-refractivity contribution in [3.05, 3.63) is 0 Å². The van der Waals surface area contributed by atoms with E-state index in [1.807, 2.05) is 18.7 Å². The molecule has 0 radical (unpaired) electrons. The summed E-state index contributed by atoms with van der Waals surface area (Å²) in [4.78, 5) is 23.4. The van der Waals surface area contributed by atoms with Gasteiger partial charge in [0.25, 0.3) is 0 Å². The van der Waals surface area contributed by atoms with Crippen molar-refractivity contribution in [2.45, 2.75) is 103 Å². The summed E-state index contributed by atoms with van der Waals surface area (Å²) in [5.74, 6) is 1.93. The highest BCUT2D eigenvalue weighted by Crippen LogP contribution is 2.36. The Labute approximate surface area is 159 Å². The van der Waals surface area contributed by atoms with E-state index in [4.69, 9.17) is 4.74 Å². The van der Waals surface area contributed by atoms with Gasteiger partial charge < -0.3 is 4.74 Å². The fourth-order valence-electron chi connectivity index (χ4n) is 3.59. The number of thioether (sulfide) groups is 1. The van der Waals surface area contributed by atoms with Gasteiger partial charge in [-0.25, -0.2) is 0 Å². The Hall–Kier alpha value is -0.510. The van der Waals surface area contributed by atoms with Crippen molar-refractivity contribution < 1.29 is 14.3 Å². The van der Waals surface area contributed by atoms with Crippen LogP contribution in [0.2, 0.25) is 0 Å². The molecule has 3 nitrogen and oxygen atoms in total. The largest absolute Gasteiger partial charge is 0.466 e. The van der Waals surface area contributed by atoms with Gasteiger partial charge in [0.05, 0.1) is 6.61 Å². The quantitative estimate of drug-likeness (QED) is 0.264. The van der Waals surface area contributed by atoms with E-state index in [-0.39, 0.29) is 5.97 Å². The Morgan fingerprint density at radius 3 is 2.52 bits per heavy atom. The lowest BCUT2D eigenvalue weighted by Crippen LogP contribution is -2.17. The monoisotopic (exact) mass is 370 g/mol. The lowest BCUT2D eigenvalue weighted by molar-refractivity contribution is -0.143. The highest BCUT2D eigenvalue weighted by molar-refractivity contribution is 7.99. The zero-order valence-electron chi connectivity index (χ0n) is 16.4. The second-order valence-corrected chi connectivity index (χ2v) is 8.54. The first-order chi connectivity index (χ1) is 12.2. The van der Waals surface area contributed by atoms with Crippen molar-refractivity contribution in [3.63, 3.8) is 0 Å². The van der Waals surface area contributed by atoms with Crippen LogP contribution in [0.25, 0.3) is 0 Å². The maximum absolute atomic E-state index is 12.2. The molecule has 25 heavy (non-hydrogen) atoms. The van der Waals surface area contributed by atoms with Gasteiger partial charge in [-0.05, 0) is 38.4 Å². The molecule has 0 heterocycles. The number of esters is 1. The smallest absolute Gasteiger partial charge is 0.305 e. The topological polar surface area (TPSA) is 43.4 Å². The molecule has 1 aliphatic rings. The first-order valence-corrected chi connectivity index (χ1v) is 11.5. The molecule has 0 saturated heterocycles. The molecule has 0 aliphatic heterocycles. The van der Waals surface area contributed by atoms with E-state index in [0.717, 1.165) is 44.9 Å². The lowest BCUT2D eigenvalue weighted by atomic mass is 9.98. The summed E-state index contributed by atoms with van der Waals surface area (Å²) in [6.07, 6.45) is 14.3. The Bertz CT molecular complexity index is 370. The standard InChI is InChI=1S/C21H38O3S/c1-3-5-6-9-12-17-25-20-16-15-19(22)18(20)13-10-7-8-11-14-21(23)24-4-2/h18,20H,3-17H2,1-2H3. The van der Waals surface area contributed by atoms with Gasteiger partial charge in [-0.15, -0.1) is 0 Å². The first kappa shape index (κ1) is 22.5. The van der Waals surface area contributed by atoms with Gasteiger partial charge in [-0.1, -0.05) is 51.9 Å². The zero-order valence-corrected chi connectivity index (χ0v) is 17.2. The molecule has 1 saturated carbocycles. The van der Waals surface area contributed by atoms with E-state index in [0.29, 0.717) is 30.0 Å².